The van der Waals surface area contributed by atoms with E-state index in [1.54, 1.807) is 0 Å². The number of carbonyl (C=O) groups is 2. The van der Waals surface area contributed by atoms with Crippen LogP contribution < -0.4 is 10.6 Å². The third kappa shape index (κ3) is 5.89. The highest BCUT2D eigenvalue weighted by Crippen LogP contribution is 2.27. The number of piperidine rings is 1. The van der Waals surface area contributed by atoms with Crippen molar-refractivity contribution in [3.05, 3.63) is 58.3 Å². The Morgan fingerprint density at radius 1 is 1.08 bits per heavy atom. The van der Waals surface area contributed by atoms with Crippen molar-refractivity contribution >= 4 is 17.7 Å². The monoisotopic (exact) mass is 490 g/mol. The molecule has 3 N–H and O–H groups in total. The van der Waals surface area contributed by atoms with E-state index in [1.165, 1.54) is 23.1 Å². The molecule has 0 radical (unpaired) electrons. The molecule has 1 aromatic carbocycles. The number of rotatable bonds is 9. The molecular formula is C29H38N4O3. The Morgan fingerprint density at radius 3 is 2.81 bits per heavy atom. The Labute approximate surface area is 213 Å². The van der Waals surface area contributed by atoms with E-state index in [9.17, 15) is 14.7 Å². The Hall–Kier alpha value is -2.93. The van der Waals surface area contributed by atoms with E-state index in [1.807, 2.05) is 12.1 Å². The Kier molecular flexibility index (Phi) is 7.85. The van der Waals surface area contributed by atoms with Gasteiger partial charge in [0.25, 0.3) is 0 Å². The van der Waals surface area contributed by atoms with Crippen molar-refractivity contribution in [2.45, 2.75) is 63.7 Å². The predicted octanol–water partition coefficient (Wildman–Crippen LogP) is 3.56. The SMILES string of the molecule is O=C(NCC(C(=O)O)c1ccc2c(c1)CCC2)C1CCCN(CCCc2ccc3c(n2)NCCC3)C1. The van der Waals surface area contributed by atoms with Gasteiger partial charge in [-0.15, -0.1) is 0 Å². The number of carbonyl (C=O) groups excluding carboxylic acids is 1. The summed E-state index contributed by atoms with van der Waals surface area (Å²) in [5.74, 6) is -0.649. The van der Waals surface area contributed by atoms with Gasteiger partial charge in [0.1, 0.15) is 5.82 Å². The van der Waals surface area contributed by atoms with Crippen LogP contribution in [0.25, 0.3) is 0 Å². The van der Waals surface area contributed by atoms with Gasteiger partial charge in [0, 0.05) is 25.3 Å². The summed E-state index contributed by atoms with van der Waals surface area (Å²) >= 11 is 0. The second-order valence-corrected chi connectivity index (χ2v) is 10.6. The zero-order valence-corrected chi connectivity index (χ0v) is 21.1. The number of nitrogens with one attached hydrogen (secondary N) is 2. The molecule has 5 rings (SSSR count). The van der Waals surface area contributed by atoms with Gasteiger partial charge in [-0.3, -0.25) is 9.59 Å². The first kappa shape index (κ1) is 24.8. The van der Waals surface area contributed by atoms with E-state index < -0.39 is 11.9 Å². The molecule has 2 aliphatic heterocycles. The fraction of sp³-hybridized carbons (Fsp3) is 0.552. The second kappa shape index (κ2) is 11.4. The number of pyridine rings is 1. The standard InChI is InChI=1S/C29H38N4O3/c34-28(31-18-26(29(35)36)23-11-10-20-5-1-6-22(20)17-23)24-8-3-15-33(19-24)16-4-9-25-13-12-21-7-2-14-30-27(21)32-25/h10-13,17,24,26H,1-9,14-16,18-19H2,(H,30,32)(H,31,34)(H,35,36). The van der Waals surface area contributed by atoms with Gasteiger partial charge >= 0.3 is 5.97 Å². The lowest BCUT2D eigenvalue weighted by Crippen LogP contribution is -2.44. The molecule has 2 unspecified atom stereocenters. The van der Waals surface area contributed by atoms with Gasteiger partial charge in [-0.05, 0) is 99.2 Å². The highest BCUT2D eigenvalue weighted by molar-refractivity contribution is 5.81. The van der Waals surface area contributed by atoms with Crippen molar-refractivity contribution in [3.8, 4) is 0 Å². The molecule has 36 heavy (non-hydrogen) atoms. The Bertz CT molecular complexity index is 1100. The maximum Gasteiger partial charge on any atom is 0.312 e. The lowest BCUT2D eigenvalue weighted by Gasteiger charge is -2.32. The average Bonchev–Trinajstić information content (AvgIpc) is 3.37. The van der Waals surface area contributed by atoms with Crippen LogP contribution in [0.4, 0.5) is 5.82 Å². The van der Waals surface area contributed by atoms with Crippen LogP contribution in [-0.4, -0.2) is 59.6 Å². The van der Waals surface area contributed by atoms with E-state index >= 15 is 0 Å². The highest BCUT2D eigenvalue weighted by Gasteiger charge is 2.28. The molecule has 0 spiro atoms. The van der Waals surface area contributed by atoms with Crippen LogP contribution in [0.15, 0.2) is 30.3 Å². The maximum absolute atomic E-state index is 13.0. The molecule has 1 fully saturated rings. The van der Waals surface area contributed by atoms with Crippen LogP contribution in [0.2, 0.25) is 0 Å². The summed E-state index contributed by atoms with van der Waals surface area (Å²) in [4.78, 5) is 32.1. The highest BCUT2D eigenvalue weighted by atomic mass is 16.4. The van der Waals surface area contributed by atoms with Crippen molar-refractivity contribution in [1.82, 2.24) is 15.2 Å². The van der Waals surface area contributed by atoms with Gasteiger partial charge in [0.2, 0.25) is 5.91 Å². The number of hydrogen-bond donors (Lipinski definition) is 3. The Morgan fingerprint density at radius 2 is 1.92 bits per heavy atom. The molecule has 2 atom stereocenters. The molecule has 1 aliphatic carbocycles. The number of aromatic nitrogens is 1. The number of hydrogen-bond acceptors (Lipinski definition) is 5. The molecule has 7 heteroatoms. The van der Waals surface area contributed by atoms with Crippen LogP contribution in [0.5, 0.6) is 0 Å². The molecule has 3 heterocycles. The Balaban J connectivity index is 1.10. The van der Waals surface area contributed by atoms with Gasteiger partial charge in [-0.2, -0.15) is 0 Å². The van der Waals surface area contributed by atoms with Crippen molar-refractivity contribution in [3.63, 3.8) is 0 Å². The van der Waals surface area contributed by atoms with Crippen molar-refractivity contribution in [2.24, 2.45) is 5.92 Å². The minimum atomic E-state index is -0.885. The number of carboxylic acid groups (broad SMARTS) is 1. The van der Waals surface area contributed by atoms with Crippen molar-refractivity contribution in [1.29, 1.82) is 0 Å². The first-order chi connectivity index (χ1) is 17.6. The number of fused-ring (bicyclic) bond motifs is 2. The van der Waals surface area contributed by atoms with Gasteiger partial charge in [0.15, 0.2) is 0 Å². The van der Waals surface area contributed by atoms with Gasteiger partial charge in [-0.25, -0.2) is 4.98 Å². The largest absolute Gasteiger partial charge is 0.481 e. The predicted molar refractivity (Wildman–Crippen MR) is 140 cm³/mol. The smallest absolute Gasteiger partial charge is 0.312 e. The van der Waals surface area contributed by atoms with Gasteiger partial charge < -0.3 is 20.6 Å². The number of carboxylic acids is 1. The fourth-order valence-corrected chi connectivity index (χ4v) is 5.97. The molecule has 192 valence electrons. The fourth-order valence-electron chi connectivity index (χ4n) is 5.97. The van der Waals surface area contributed by atoms with E-state index in [0.29, 0.717) is 0 Å². The molecule has 7 nitrogen and oxygen atoms in total. The molecule has 0 saturated carbocycles. The van der Waals surface area contributed by atoms with Crippen LogP contribution in [0, 0.1) is 5.92 Å². The molecular weight excluding hydrogens is 452 g/mol. The number of anilines is 1. The number of benzene rings is 1. The molecule has 2 aromatic rings. The first-order valence-corrected chi connectivity index (χ1v) is 13.6. The summed E-state index contributed by atoms with van der Waals surface area (Å²) in [5.41, 5.74) is 5.82. The molecule has 3 aliphatic rings. The van der Waals surface area contributed by atoms with Gasteiger partial charge in [0.05, 0.1) is 11.8 Å². The summed E-state index contributed by atoms with van der Waals surface area (Å²) in [6.07, 6.45) is 9.29. The first-order valence-electron chi connectivity index (χ1n) is 13.6. The normalized spacial score (nSPS) is 20.2. The summed E-state index contributed by atoms with van der Waals surface area (Å²) < 4.78 is 0. The zero-order valence-electron chi connectivity index (χ0n) is 21.1. The van der Waals surface area contributed by atoms with Crippen LogP contribution in [0.3, 0.4) is 0 Å². The number of likely N-dealkylation sites (tertiary alicyclic amines) is 1. The third-order valence-electron chi connectivity index (χ3n) is 8.04. The maximum atomic E-state index is 13.0. The summed E-state index contributed by atoms with van der Waals surface area (Å²) in [7, 11) is 0. The molecule has 1 amide bonds. The van der Waals surface area contributed by atoms with E-state index in [4.69, 9.17) is 4.98 Å². The van der Waals surface area contributed by atoms with E-state index in [2.05, 4.69) is 33.7 Å². The van der Waals surface area contributed by atoms with Crippen molar-refractivity contribution in [2.75, 3.05) is 38.0 Å². The molecule has 1 saturated heterocycles. The summed E-state index contributed by atoms with van der Waals surface area (Å²) in [6, 6.07) is 10.4. The summed E-state index contributed by atoms with van der Waals surface area (Å²) in [5, 5.41) is 16.2. The zero-order chi connectivity index (χ0) is 24.9. The minimum Gasteiger partial charge on any atom is -0.481 e. The average molecular weight is 491 g/mol. The lowest BCUT2D eigenvalue weighted by molar-refractivity contribution is -0.138. The summed E-state index contributed by atoms with van der Waals surface area (Å²) in [6.45, 7) is 3.84. The number of nitrogens with zero attached hydrogens (tertiary/aromatic N) is 2. The van der Waals surface area contributed by atoms with E-state index in [0.717, 1.165) is 94.6 Å². The molecule has 0 bridgehead atoms. The van der Waals surface area contributed by atoms with Gasteiger partial charge in [-0.1, -0.05) is 24.3 Å². The van der Waals surface area contributed by atoms with Crippen LogP contribution in [-0.2, 0) is 35.3 Å². The third-order valence-corrected chi connectivity index (χ3v) is 8.04. The van der Waals surface area contributed by atoms with Crippen LogP contribution >= 0.6 is 0 Å². The number of aryl methyl sites for hydroxylation is 4. The number of amides is 1. The quantitative estimate of drug-likeness (QED) is 0.498. The van der Waals surface area contributed by atoms with E-state index in [-0.39, 0.29) is 18.4 Å². The topological polar surface area (TPSA) is 94.6 Å². The minimum absolute atomic E-state index is 0.0189. The second-order valence-electron chi connectivity index (χ2n) is 10.6. The lowest BCUT2D eigenvalue weighted by atomic mass is 9.94. The van der Waals surface area contributed by atoms with Crippen LogP contribution in [0.1, 0.15) is 66.0 Å². The number of aliphatic carboxylic acids is 1. The molecule has 1 aromatic heterocycles. The van der Waals surface area contributed by atoms with Crippen molar-refractivity contribution < 1.29 is 14.7 Å².